The van der Waals surface area contributed by atoms with Crippen molar-refractivity contribution >= 4 is 35.0 Å². The lowest BCUT2D eigenvalue weighted by atomic mass is 10.1. The van der Waals surface area contributed by atoms with Crippen LogP contribution < -0.4 is 10.1 Å². The number of amides is 2. The van der Waals surface area contributed by atoms with Gasteiger partial charge in [-0.05, 0) is 68.1 Å². The third-order valence-electron chi connectivity index (χ3n) is 4.63. The average molecular weight is 451 g/mol. The fraction of sp³-hybridized carbons (Fsp3) is 0.391. The van der Waals surface area contributed by atoms with Gasteiger partial charge in [-0.2, -0.15) is 0 Å². The van der Waals surface area contributed by atoms with E-state index in [1.54, 1.807) is 25.1 Å². The van der Waals surface area contributed by atoms with Gasteiger partial charge in [0.2, 0.25) is 5.91 Å². The zero-order chi connectivity index (χ0) is 22.3. The van der Waals surface area contributed by atoms with Crippen molar-refractivity contribution in [3.8, 4) is 5.75 Å². The summed E-state index contributed by atoms with van der Waals surface area (Å²) in [7, 11) is 0. The van der Waals surface area contributed by atoms with Crippen LogP contribution in [0.3, 0.4) is 0 Å². The topological polar surface area (TPSA) is 58.6 Å². The van der Waals surface area contributed by atoms with E-state index in [0.717, 1.165) is 17.5 Å². The lowest BCUT2D eigenvalue weighted by Gasteiger charge is -2.29. The Balaban J connectivity index is 2.19. The van der Waals surface area contributed by atoms with Gasteiger partial charge in [-0.25, -0.2) is 0 Å². The minimum absolute atomic E-state index is 0.172. The minimum Gasteiger partial charge on any atom is -0.484 e. The van der Waals surface area contributed by atoms with Crippen molar-refractivity contribution in [2.24, 2.45) is 0 Å². The molecule has 0 radical (unpaired) electrons. The Hall–Kier alpha value is -2.24. The van der Waals surface area contributed by atoms with Crippen LogP contribution in [0.5, 0.6) is 5.75 Å². The van der Waals surface area contributed by atoms with Crippen LogP contribution in [0, 0.1) is 13.8 Å². The molecule has 2 aromatic rings. The average Bonchev–Trinajstić information content (AvgIpc) is 2.68. The van der Waals surface area contributed by atoms with Crippen molar-refractivity contribution < 1.29 is 14.3 Å². The summed E-state index contributed by atoms with van der Waals surface area (Å²) in [6.07, 6.45) is 0.811. The van der Waals surface area contributed by atoms with Gasteiger partial charge in [-0.3, -0.25) is 9.59 Å². The summed E-state index contributed by atoms with van der Waals surface area (Å²) in [5.41, 5.74) is 2.81. The van der Waals surface area contributed by atoms with Crippen LogP contribution in [0.2, 0.25) is 10.0 Å². The van der Waals surface area contributed by atoms with Crippen LogP contribution >= 0.6 is 23.2 Å². The van der Waals surface area contributed by atoms with Crippen molar-refractivity contribution in [1.82, 2.24) is 10.2 Å². The Labute approximate surface area is 188 Å². The van der Waals surface area contributed by atoms with Crippen LogP contribution in [0.15, 0.2) is 36.4 Å². The molecule has 1 unspecified atom stereocenters. The molecule has 0 aliphatic carbocycles. The van der Waals surface area contributed by atoms with Crippen molar-refractivity contribution in [3.63, 3.8) is 0 Å². The smallest absolute Gasteiger partial charge is 0.261 e. The second-order valence-corrected chi connectivity index (χ2v) is 8.18. The molecule has 2 aromatic carbocycles. The number of halogens is 2. The number of hydrogen-bond donors (Lipinski definition) is 1. The van der Waals surface area contributed by atoms with Gasteiger partial charge in [-0.1, -0.05) is 42.3 Å². The SMILES string of the molecule is CCCNC(=O)C(C)N(Cc1ccc(Cl)cc1Cl)C(=O)COc1cc(C)cc(C)c1. The Bertz CT molecular complexity index is 882. The first-order valence-corrected chi connectivity index (χ1v) is 10.7. The summed E-state index contributed by atoms with van der Waals surface area (Å²) in [5.74, 6) is 0.0921. The summed E-state index contributed by atoms with van der Waals surface area (Å²) < 4.78 is 5.73. The van der Waals surface area contributed by atoms with Crippen molar-refractivity contribution in [1.29, 1.82) is 0 Å². The molecule has 0 aromatic heterocycles. The first-order valence-electron chi connectivity index (χ1n) is 9.93. The molecule has 0 saturated heterocycles. The summed E-state index contributed by atoms with van der Waals surface area (Å²) in [6.45, 7) is 8.15. The summed E-state index contributed by atoms with van der Waals surface area (Å²) in [6, 6.07) is 10.2. The van der Waals surface area contributed by atoms with Crippen LogP contribution in [0.1, 0.15) is 37.0 Å². The molecule has 0 saturated carbocycles. The highest BCUT2D eigenvalue weighted by Crippen LogP contribution is 2.23. The number of carbonyl (C=O) groups is 2. The molecule has 0 aliphatic rings. The largest absolute Gasteiger partial charge is 0.484 e. The molecule has 0 aliphatic heterocycles. The van der Waals surface area contributed by atoms with Gasteiger partial charge < -0.3 is 15.0 Å². The Morgan fingerprint density at radius 1 is 1.10 bits per heavy atom. The molecular weight excluding hydrogens is 423 g/mol. The maximum absolute atomic E-state index is 13.0. The number of nitrogens with zero attached hydrogens (tertiary/aromatic N) is 1. The fourth-order valence-electron chi connectivity index (χ4n) is 3.06. The van der Waals surface area contributed by atoms with E-state index in [1.165, 1.54) is 4.90 Å². The standard InChI is InChI=1S/C23H28Cl2N2O3/c1-5-8-26-23(29)17(4)27(13-18-6-7-19(24)12-21(18)25)22(28)14-30-20-10-15(2)9-16(3)11-20/h6-7,9-12,17H,5,8,13-14H2,1-4H3,(H,26,29). The van der Waals surface area contributed by atoms with E-state index in [1.807, 2.05) is 39.0 Å². The molecule has 0 heterocycles. The highest BCUT2D eigenvalue weighted by Gasteiger charge is 2.27. The monoisotopic (exact) mass is 450 g/mol. The normalized spacial score (nSPS) is 11.7. The van der Waals surface area contributed by atoms with E-state index >= 15 is 0 Å². The summed E-state index contributed by atoms with van der Waals surface area (Å²) >= 11 is 12.3. The molecule has 2 rings (SSSR count). The van der Waals surface area contributed by atoms with Crippen molar-refractivity contribution in [2.45, 2.75) is 46.7 Å². The number of ether oxygens (including phenoxy) is 1. The number of benzene rings is 2. The van der Waals surface area contributed by atoms with E-state index in [4.69, 9.17) is 27.9 Å². The molecule has 30 heavy (non-hydrogen) atoms. The zero-order valence-electron chi connectivity index (χ0n) is 17.8. The Kier molecular flexibility index (Phi) is 9.00. The molecule has 5 nitrogen and oxygen atoms in total. The van der Waals surface area contributed by atoms with Crippen LogP contribution in [-0.4, -0.2) is 35.9 Å². The molecule has 162 valence electrons. The first kappa shape index (κ1) is 24.0. The summed E-state index contributed by atoms with van der Waals surface area (Å²) in [4.78, 5) is 27.1. The highest BCUT2D eigenvalue weighted by atomic mass is 35.5. The van der Waals surface area contributed by atoms with Crippen molar-refractivity contribution in [3.05, 3.63) is 63.1 Å². The second-order valence-electron chi connectivity index (χ2n) is 7.34. The third kappa shape index (κ3) is 6.92. The summed E-state index contributed by atoms with van der Waals surface area (Å²) in [5, 5.41) is 3.79. The molecule has 0 spiro atoms. The Morgan fingerprint density at radius 3 is 2.37 bits per heavy atom. The number of nitrogens with one attached hydrogen (secondary N) is 1. The lowest BCUT2D eigenvalue weighted by molar-refractivity contribution is -0.142. The molecule has 1 atom stereocenters. The molecular formula is C23H28Cl2N2O3. The van der Waals surface area contributed by atoms with Gasteiger partial charge in [0.25, 0.3) is 5.91 Å². The molecule has 0 bridgehead atoms. The fourth-order valence-corrected chi connectivity index (χ4v) is 3.52. The predicted molar refractivity (Wildman–Crippen MR) is 121 cm³/mol. The van der Waals surface area contributed by atoms with Gasteiger partial charge in [0.05, 0.1) is 0 Å². The maximum atomic E-state index is 13.0. The van der Waals surface area contributed by atoms with E-state index in [-0.39, 0.29) is 25.0 Å². The van der Waals surface area contributed by atoms with Gasteiger partial charge in [0.15, 0.2) is 6.61 Å². The molecule has 0 fully saturated rings. The van der Waals surface area contributed by atoms with Crippen LogP contribution in [-0.2, 0) is 16.1 Å². The maximum Gasteiger partial charge on any atom is 0.261 e. The van der Waals surface area contributed by atoms with Gasteiger partial charge in [-0.15, -0.1) is 0 Å². The molecule has 1 N–H and O–H groups in total. The minimum atomic E-state index is -0.682. The predicted octanol–water partition coefficient (Wildman–Crippen LogP) is 4.93. The van der Waals surface area contributed by atoms with E-state index in [2.05, 4.69) is 5.32 Å². The number of hydrogen-bond acceptors (Lipinski definition) is 3. The van der Waals surface area contributed by atoms with Gasteiger partial charge in [0, 0.05) is 23.1 Å². The lowest BCUT2D eigenvalue weighted by Crippen LogP contribution is -2.49. The number of rotatable bonds is 9. The quantitative estimate of drug-likeness (QED) is 0.588. The van der Waals surface area contributed by atoms with Crippen molar-refractivity contribution in [2.75, 3.05) is 13.2 Å². The Morgan fingerprint density at radius 2 is 1.77 bits per heavy atom. The van der Waals surface area contributed by atoms with Crippen LogP contribution in [0.25, 0.3) is 0 Å². The van der Waals surface area contributed by atoms with E-state index < -0.39 is 6.04 Å². The number of carbonyl (C=O) groups excluding carboxylic acids is 2. The highest BCUT2D eigenvalue weighted by molar-refractivity contribution is 6.35. The van der Waals surface area contributed by atoms with E-state index in [9.17, 15) is 9.59 Å². The molecule has 7 heteroatoms. The zero-order valence-corrected chi connectivity index (χ0v) is 19.3. The van der Waals surface area contributed by atoms with Crippen LogP contribution in [0.4, 0.5) is 0 Å². The third-order valence-corrected chi connectivity index (χ3v) is 5.22. The first-order chi connectivity index (χ1) is 14.2. The van der Waals surface area contributed by atoms with E-state index in [0.29, 0.717) is 27.9 Å². The second kappa shape index (κ2) is 11.2. The number of aryl methyl sites for hydroxylation is 2. The van der Waals surface area contributed by atoms with Gasteiger partial charge >= 0.3 is 0 Å². The molecule has 2 amide bonds. The van der Waals surface area contributed by atoms with Gasteiger partial charge in [0.1, 0.15) is 11.8 Å².